The molecule has 1 saturated carbocycles. The van der Waals surface area contributed by atoms with Gasteiger partial charge in [-0.25, -0.2) is 16.8 Å². The van der Waals surface area contributed by atoms with Crippen LogP contribution in [0, 0.1) is 25.7 Å². The van der Waals surface area contributed by atoms with E-state index < -0.39 is 55.2 Å². The molecular weight excluding hydrogens is 562 g/mol. The average Bonchev–Trinajstić information content (AvgIpc) is 2.89. The summed E-state index contributed by atoms with van der Waals surface area (Å²) in [5.74, 6) is -1.60. The topological polar surface area (TPSA) is 115 Å². The Kier molecular flexibility index (Phi) is 9.45. The van der Waals surface area contributed by atoms with Crippen molar-refractivity contribution in [2.75, 3.05) is 0 Å². The quantitative estimate of drug-likeness (QED) is 0.390. The molecule has 41 heavy (non-hydrogen) atoms. The van der Waals surface area contributed by atoms with E-state index in [-0.39, 0.29) is 34.3 Å². The number of aryl methyl sites for hydroxylation is 2. The fraction of sp³-hybridized carbons (Fsp3) is 0.548. The molecule has 10 heteroatoms. The van der Waals surface area contributed by atoms with Gasteiger partial charge in [-0.2, -0.15) is 4.31 Å². The highest BCUT2D eigenvalue weighted by molar-refractivity contribution is 7.92. The molecule has 2 fully saturated rings. The third-order valence-corrected chi connectivity index (χ3v) is 12.4. The molecule has 1 aliphatic carbocycles. The van der Waals surface area contributed by atoms with Gasteiger partial charge >= 0.3 is 5.97 Å². The molecule has 1 unspecified atom stereocenters. The number of hydrogen-bond donors (Lipinski definition) is 0. The Bertz CT molecular complexity index is 1470. The number of ether oxygens (including phenoxy) is 1. The zero-order chi connectivity index (χ0) is 30.1. The molecule has 0 aromatic heterocycles. The van der Waals surface area contributed by atoms with E-state index >= 15 is 0 Å². The van der Waals surface area contributed by atoms with E-state index in [1.54, 1.807) is 24.3 Å². The maximum absolute atomic E-state index is 14.5. The van der Waals surface area contributed by atoms with Crippen LogP contribution in [0.3, 0.4) is 0 Å². The van der Waals surface area contributed by atoms with Crippen LogP contribution in [-0.2, 0) is 34.2 Å². The van der Waals surface area contributed by atoms with Crippen molar-refractivity contribution in [3.63, 3.8) is 0 Å². The Morgan fingerprint density at radius 1 is 0.927 bits per heavy atom. The summed E-state index contributed by atoms with van der Waals surface area (Å²) in [5.41, 5.74) is 1.78. The third-order valence-electron chi connectivity index (χ3n) is 8.27. The van der Waals surface area contributed by atoms with E-state index in [2.05, 4.69) is 0 Å². The first-order valence-corrected chi connectivity index (χ1v) is 17.3. The minimum atomic E-state index is -4.21. The van der Waals surface area contributed by atoms with Crippen molar-refractivity contribution in [2.45, 2.75) is 106 Å². The van der Waals surface area contributed by atoms with Crippen molar-refractivity contribution < 1.29 is 31.2 Å². The van der Waals surface area contributed by atoms with Gasteiger partial charge in [-0.05, 0) is 69.7 Å². The Morgan fingerprint density at radius 3 is 2.00 bits per heavy atom. The lowest BCUT2D eigenvalue weighted by molar-refractivity contribution is -0.155. The number of nitrogens with zero attached hydrogens (tertiary/aromatic N) is 1. The van der Waals surface area contributed by atoms with Gasteiger partial charge in [0.15, 0.2) is 9.84 Å². The summed E-state index contributed by atoms with van der Waals surface area (Å²) < 4.78 is 64.6. The summed E-state index contributed by atoms with van der Waals surface area (Å²) in [7, 11) is -8.29. The summed E-state index contributed by atoms with van der Waals surface area (Å²) in [5, 5.41) is -1.22. The number of sulfonamides is 1. The maximum atomic E-state index is 14.5. The average molecular weight is 604 g/mol. The number of rotatable bonds is 8. The lowest BCUT2D eigenvalue weighted by atomic mass is 9.76. The molecule has 0 bridgehead atoms. The van der Waals surface area contributed by atoms with E-state index in [1.165, 1.54) is 35.5 Å². The molecule has 4 rings (SSSR count). The van der Waals surface area contributed by atoms with Crippen LogP contribution in [0.2, 0.25) is 0 Å². The fourth-order valence-corrected chi connectivity index (χ4v) is 10.2. The van der Waals surface area contributed by atoms with Gasteiger partial charge in [-0.1, -0.05) is 55.7 Å². The summed E-state index contributed by atoms with van der Waals surface area (Å²) in [6, 6.07) is 11.1. The third kappa shape index (κ3) is 6.60. The molecule has 0 amide bonds. The smallest absolute Gasteiger partial charge is 0.303 e. The van der Waals surface area contributed by atoms with Crippen LogP contribution in [0.4, 0.5) is 0 Å². The van der Waals surface area contributed by atoms with Crippen LogP contribution in [0.5, 0.6) is 0 Å². The predicted octanol–water partition coefficient (Wildman–Crippen LogP) is 5.01. The van der Waals surface area contributed by atoms with Gasteiger partial charge < -0.3 is 4.74 Å². The first-order valence-electron chi connectivity index (χ1n) is 14.3. The fourth-order valence-electron chi connectivity index (χ4n) is 6.37. The predicted molar refractivity (Wildman–Crippen MR) is 157 cm³/mol. The van der Waals surface area contributed by atoms with Crippen LogP contribution in [-0.4, -0.2) is 56.3 Å². The number of carbonyl (C=O) groups is 2. The van der Waals surface area contributed by atoms with E-state index in [4.69, 9.17) is 4.74 Å². The minimum absolute atomic E-state index is 0.0337. The van der Waals surface area contributed by atoms with Gasteiger partial charge in [0.2, 0.25) is 10.0 Å². The van der Waals surface area contributed by atoms with Crippen LogP contribution in [0.15, 0.2) is 58.3 Å². The van der Waals surface area contributed by atoms with Crippen LogP contribution in [0.25, 0.3) is 0 Å². The summed E-state index contributed by atoms with van der Waals surface area (Å²) in [6.07, 6.45) is 1.02. The lowest BCUT2D eigenvalue weighted by Crippen LogP contribution is -2.66. The molecular formula is C31H41NO7S2. The van der Waals surface area contributed by atoms with E-state index in [0.717, 1.165) is 11.1 Å². The van der Waals surface area contributed by atoms with Gasteiger partial charge in [0.25, 0.3) is 0 Å². The number of benzene rings is 2. The highest BCUT2D eigenvalue weighted by atomic mass is 32.2. The number of ketones is 1. The Balaban J connectivity index is 1.96. The standard InChI is InChI=1S/C31H41NO7S2/c1-20(2)18-24-19-29(40(35,36)25-14-10-21(3)11-15-25)31(39-23(5)33)30(27-8-6-7-9-28(27)34)32(24)41(37,38)26-16-12-22(4)13-17-26/h10-17,20,24,27,29-31H,6-9,18-19H2,1-5H3/t24-,27?,29-,30+,31+/m0/s1. The molecule has 2 aliphatic rings. The number of esters is 1. The molecule has 5 atom stereocenters. The van der Waals surface area contributed by atoms with Gasteiger partial charge in [-0.3, -0.25) is 9.59 Å². The van der Waals surface area contributed by atoms with Crippen LogP contribution >= 0.6 is 0 Å². The second kappa shape index (κ2) is 12.4. The number of Topliss-reactive ketones (excluding diaryl/α,β-unsaturated/α-hetero) is 1. The second-order valence-corrected chi connectivity index (χ2v) is 16.0. The number of hydrogen-bond acceptors (Lipinski definition) is 7. The molecule has 1 saturated heterocycles. The van der Waals surface area contributed by atoms with E-state index in [0.29, 0.717) is 25.7 Å². The van der Waals surface area contributed by atoms with Crippen molar-refractivity contribution >= 4 is 31.6 Å². The van der Waals surface area contributed by atoms with E-state index in [9.17, 15) is 26.4 Å². The monoisotopic (exact) mass is 603 g/mol. The molecule has 1 aliphatic heterocycles. The van der Waals surface area contributed by atoms with Crippen molar-refractivity contribution in [3.8, 4) is 0 Å². The summed E-state index contributed by atoms with van der Waals surface area (Å²) in [6.45, 7) is 8.82. The number of carbonyl (C=O) groups excluding carboxylic acids is 2. The first kappa shape index (κ1) is 31.4. The van der Waals surface area contributed by atoms with Crippen LogP contribution in [0.1, 0.15) is 70.4 Å². The highest BCUT2D eigenvalue weighted by Crippen LogP contribution is 2.43. The Morgan fingerprint density at radius 2 is 1.49 bits per heavy atom. The maximum Gasteiger partial charge on any atom is 0.303 e. The van der Waals surface area contributed by atoms with Gasteiger partial charge in [0, 0.05) is 25.3 Å². The van der Waals surface area contributed by atoms with E-state index in [1.807, 2.05) is 27.7 Å². The van der Waals surface area contributed by atoms with Gasteiger partial charge in [-0.15, -0.1) is 0 Å². The highest BCUT2D eigenvalue weighted by Gasteiger charge is 2.57. The van der Waals surface area contributed by atoms with Gasteiger partial charge in [0.05, 0.1) is 15.8 Å². The molecule has 1 heterocycles. The zero-order valence-electron chi connectivity index (χ0n) is 24.4. The Labute approximate surface area is 244 Å². The first-order chi connectivity index (χ1) is 19.2. The Hall–Kier alpha value is -2.56. The largest absolute Gasteiger partial charge is 0.459 e. The van der Waals surface area contributed by atoms with Crippen molar-refractivity contribution in [1.29, 1.82) is 0 Å². The summed E-state index contributed by atoms with van der Waals surface area (Å²) >= 11 is 0. The van der Waals surface area contributed by atoms with Gasteiger partial charge in [0.1, 0.15) is 17.1 Å². The van der Waals surface area contributed by atoms with Crippen LogP contribution < -0.4 is 0 Å². The SMILES string of the molecule is CC(=O)O[C@H]1[C@@H](C2CCCCC2=O)N(S(=O)(=O)c2ccc(C)cc2)[C@@H](CC(C)C)C[C@@H]1S(=O)(=O)c1ccc(C)cc1. The lowest BCUT2D eigenvalue weighted by Gasteiger charge is -2.51. The normalized spacial score (nSPS) is 26.2. The van der Waals surface area contributed by atoms with Crippen molar-refractivity contribution in [2.24, 2.45) is 11.8 Å². The van der Waals surface area contributed by atoms with Crippen molar-refractivity contribution in [3.05, 3.63) is 59.7 Å². The minimum Gasteiger partial charge on any atom is -0.459 e. The molecule has 0 radical (unpaired) electrons. The summed E-state index contributed by atoms with van der Waals surface area (Å²) in [4.78, 5) is 26.1. The molecule has 0 N–H and O–H groups in total. The molecule has 2 aromatic rings. The molecule has 8 nitrogen and oxygen atoms in total. The number of sulfone groups is 1. The molecule has 2 aromatic carbocycles. The molecule has 224 valence electrons. The number of piperidine rings is 1. The van der Waals surface area contributed by atoms with Crippen molar-refractivity contribution in [1.82, 2.24) is 4.31 Å². The zero-order valence-corrected chi connectivity index (χ0v) is 26.1. The molecule has 0 spiro atoms. The second-order valence-electron chi connectivity index (χ2n) is 11.9.